The van der Waals surface area contributed by atoms with Gasteiger partial charge in [-0.1, -0.05) is 42.1 Å². The van der Waals surface area contributed by atoms with E-state index in [0.29, 0.717) is 0 Å². The SMILES string of the molecule is O=C(O)C(=O)O.c1ccc(CN2CCSC2=NCCCN2CCOCC2)cc1. The summed E-state index contributed by atoms with van der Waals surface area (Å²) in [7, 11) is 0. The van der Waals surface area contributed by atoms with Crippen LogP contribution in [0.1, 0.15) is 12.0 Å². The summed E-state index contributed by atoms with van der Waals surface area (Å²) in [5.41, 5.74) is 1.37. The molecule has 9 heteroatoms. The third kappa shape index (κ3) is 8.28. The summed E-state index contributed by atoms with van der Waals surface area (Å²) in [6.45, 7) is 8.09. The van der Waals surface area contributed by atoms with E-state index in [1.54, 1.807) is 0 Å². The molecule has 0 aromatic heterocycles. The predicted octanol–water partition coefficient (Wildman–Crippen LogP) is 1.47. The number of morpholine rings is 1. The maximum absolute atomic E-state index is 9.10. The van der Waals surface area contributed by atoms with Gasteiger partial charge in [-0.25, -0.2) is 9.59 Å². The number of carboxylic acids is 2. The van der Waals surface area contributed by atoms with Crippen molar-refractivity contribution in [3.63, 3.8) is 0 Å². The molecule has 2 aliphatic heterocycles. The van der Waals surface area contributed by atoms with E-state index in [1.807, 2.05) is 11.8 Å². The highest BCUT2D eigenvalue weighted by molar-refractivity contribution is 8.14. The minimum atomic E-state index is -1.82. The number of amidine groups is 1. The second kappa shape index (κ2) is 12.4. The molecule has 0 amide bonds. The number of hydrogen-bond acceptors (Lipinski definition) is 6. The normalized spacial score (nSPS) is 18.6. The second-order valence-electron chi connectivity index (χ2n) is 6.34. The average molecular weight is 410 g/mol. The number of aliphatic carboxylic acids is 2. The lowest BCUT2D eigenvalue weighted by atomic mass is 10.2. The summed E-state index contributed by atoms with van der Waals surface area (Å²) in [6.07, 6.45) is 1.14. The van der Waals surface area contributed by atoms with E-state index in [1.165, 1.54) is 10.7 Å². The Morgan fingerprint density at radius 3 is 2.39 bits per heavy atom. The van der Waals surface area contributed by atoms with E-state index in [9.17, 15) is 0 Å². The van der Waals surface area contributed by atoms with Crippen LogP contribution in [-0.2, 0) is 20.9 Å². The number of benzene rings is 1. The minimum Gasteiger partial charge on any atom is -0.473 e. The molecule has 2 heterocycles. The van der Waals surface area contributed by atoms with Crippen LogP contribution < -0.4 is 0 Å². The van der Waals surface area contributed by atoms with Crippen LogP contribution in [0.4, 0.5) is 0 Å². The highest BCUT2D eigenvalue weighted by Gasteiger charge is 2.19. The number of carbonyl (C=O) groups is 2. The topological polar surface area (TPSA) is 103 Å². The van der Waals surface area contributed by atoms with Crippen LogP contribution in [0, 0.1) is 0 Å². The summed E-state index contributed by atoms with van der Waals surface area (Å²) < 4.78 is 5.38. The van der Waals surface area contributed by atoms with Crippen molar-refractivity contribution in [2.24, 2.45) is 4.99 Å². The molecule has 1 aromatic rings. The van der Waals surface area contributed by atoms with Gasteiger partial charge in [0.05, 0.1) is 13.2 Å². The number of nitrogens with zero attached hydrogens (tertiary/aromatic N) is 3. The molecule has 28 heavy (non-hydrogen) atoms. The largest absolute Gasteiger partial charge is 0.473 e. The highest BCUT2D eigenvalue weighted by Crippen LogP contribution is 2.20. The average Bonchev–Trinajstić information content (AvgIpc) is 3.14. The summed E-state index contributed by atoms with van der Waals surface area (Å²) in [6, 6.07) is 10.7. The molecule has 2 aliphatic rings. The molecule has 1 aromatic carbocycles. The first-order valence-corrected chi connectivity index (χ1v) is 10.3. The van der Waals surface area contributed by atoms with Gasteiger partial charge in [-0.05, 0) is 12.0 Å². The number of thioether (sulfide) groups is 1. The van der Waals surface area contributed by atoms with Crippen molar-refractivity contribution in [1.29, 1.82) is 0 Å². The number of hydrogen-bond donors (Lipinski definition) is 2. The fourth-order valence-electron chi connectivity index (χ4n) is 2.82. The van der Waals surface area contributed by atoms with Gasteiger partial charge in [-0.15, -0.1) is 0 Å². The first kappa shape index (κ1) is 22.2. The number of ether oxygens (including phenoxy) is 1. The molecule has 0 atom stereocenters. The maximum atomic E-state index is 9.10. The lowest BCUT2D eigenvalue weighted by Gasteiger charge is -2.26. The zero-order valence-corrected chi connectivity index (χ0v) is 16.6. The van der Waals surface area contributed by atoms with Gasteiger partial charge in [0, 0.05) is 45.0 Å². The summed E-state index contributed by atoms with van der Waals surface area (Å²) in [4.78, 5) is 27.9. The monoisotopic (exact) mass is 409 g/mol. The first-order chi connectivity index (χ1) is 13.6. The Hall–Kier alpha value is -2.10. The fourth-order valence-corrected chi connectivity index (χ4v) is 3.84. The van der Waals surface area contributed by atoms with Crippen molar-refractivity contribution in [2.75, 3.05) is 51.7 Å². The molecule has 0 unspecified atom stereocenters. The molecule has 3 rings (SSSR count). The van der Waals surface area contributed by atoms with Gasteiger partial charge in [0.2, 0.25) is 0 Å². The second-order valence-corrected chi connectivity index (χ2v) is 7.40. The van der Waals surface area contributed by atoms with Gasteiger partial charge in [-0.3, -0.25) is 9.89 Å². The van der Waals surface area contributed by atoms with Crippen LogP contribution in [0.15, 0.2) is 35.3 Å². The molecule has 154 valence electrons. The molecule has 0 aliphatic carbocycles. The Bertz CT molecular complexity index is 638. The van der Waals surface area contributed by atoms with E-state index in [-0.39, 0.29) is 0 Å². The third-order valence-electron chi connectivity index (χ3n) is 4.25. The van der Waals surface area contributed by atoms with Crippen molar-refractivity contribution < 1.29 is 24.5 Å². The predicted molar refractivity (Wildman–Crippen MR) is 109 cm³/mol. The Morgan fingerprint density at radius 1 is 1.07 bits per heavy atom. The van der Waals surface area contributed by atoms with Gasteiger partial charge in [0.25, 0.3) is 0 Å². The van der Waals surface area contributed by atoms with Gasteiger partial charge in [-0.2, -0.15) is 0 Å². The Kier molecular flexibility index (Phi) is 9.81. The molecule has 2 N–H and O–H groups in total. The van der Waals surface area contributed by atoms with Crippen molar-refractivity contribution in [2.45, 2.75) is 13.0 Å². The number of aliphatic imine (C=N–C) groups is 1. The van der Waals surface area contributed by atoms with Crippen molar-refractivity contribution >= 4 is 28.9 Å². The molecule has 0 bridgehead atoms. The van der Waals surface area contributed by atoms with Gasteiger partial charge in [0.1, 0.15) is 0 Å². The van der Waals surface area contributed by atoms with Gasteiger partial charge < -0.3 is 19.8 Å². The fraction of sp³-hybridized carbons (Fsp3) is 0.526. The summed E-state index contributed by atoms with van der Waals surface area (Å²) in [5, 5.41) is 16.0. The van der Waals surface area contributed by atoms with Gasteiger partial charge in [0.15, 0.2) is 5.17 Å². The van der Waals surface area contributed by atoms with Crippen LogP contribution in [0.2, 0.25) is 0 Å². The molecular formula is C19H27N3O5S. The Balaban J connectivity index is 0.000000409. The van der Waals surface area contributed by atoms with Gasteiger partial charge >= 0.3 is 11.9 Å². The molecule has 2 fully saturated rings. The lowest BCUT2D eigenvalue weighted by Crippen LogP contribution is -2.37. The zero-order valence-electron chi connectivity index (χ0n) is 15.8. The third-order valence-corrected chi connectivity index (χ3v) is 5.28. The van der Waals surface area contributed by atoms with Crippen molar-refractivity contribution in [3.8, 4) is 0 Å². The van der Waals surface area contributed by atoms with E-state index < -0.39 is 11.9 Å². The quantitative estimate of drug-likeness (QED) is 0.538. The van der Waals surface area contributed by atoms with E-state index >= 15 is 0 Å². The zero-order chi connectivity index (χ0) is 20.2. The van der Waals surface area contributed by atoms with E-state index in [2.05, 4.69) is 40.1 Å². The summed E-state index contributed by atoms with van der Waals surface area (Å²) in [5.74, 6) is -2.49. The Morgan fingerprint density at radius 2 is 1.75 bits per heavy atom. The van der Waals surface area contributed by atoms with Crippen LogP contribution in [-0.4, -0.2) is 88.8 Å². The van der Waals surface area contributed by atoms with Crippen LogP contribution in [0.5, 0.6) is 0 Å². The molecule has 0 radical (unpaired) electrons. The minimum absolute atomic E-state index is 0.884. The maximum Gasteiger partial charge on any atom is 0.414 e. The lowest BCUT2D eigenvalue weighted by molar-refractivity contribution is -0.159. The standard InChI is InChI=1S/C17H25N3OS.C2H2O4/c1-2-5-16(6-3-1)15-20-11-14-22-17(20)18-7-4-8-19-9-12-21-13-10-19;3-1(4)2(5)6/h1-3,5-6H,4,7-15H2;(H,3,4)(H,5,6). The van der Waals surface area contributed by atoms with Crippen LogP contribution >= 0.6 is 11.8 Å². The molecule has 0 spiro atoms. The highest BCUT2D eigenvalue weighted by atomic mass is 32.2. The van der Waals surface area contributed by atoms with Crippen LogP contribution in [0.3, 0.4) is 0 Å². The van der Waals surface area contributed by atoms with Crippen LogP contribution in [0.25, 0.3) is 0 Å². The molecular weight excluding hydrogens is 382 g/mol. The summed E-state index contributed by atoms with van der Waals surface area (Å²) >= 11 is 1.90. The van der Waals surface area contributed by atoms with E-state index in [0.717, 1.165) is 64.7 Å². The smallest absolute Gasteiger partial charge is 0.414 e. The van der Waals surface area contributed by atoms with Crippen molar-refractivity contribution in [1.82, 2.24) is 9.80 Å². The molecule has 0 saturated carbocycles. The first-order valence-electron chi connectivity index (χ1n) is 9.28. The number of carboxylic acid groups (broad SMARTS) is 2. The van der Waals surface area contributed by atoms with Crippen molar-refractivity contribution in [3.05, 3.63) is 35.9 Å². The van der Waals surface area contributed by atoms with E-state index in [4.69, 9.17) is 29.5 Å². The number of rotatable bonds is 6. The Labute approximate surface area is 169 Å². The molecule has 8 nitrogen and oxygen atoms in total. The molecule has 2 saturated heterocycles.